The maximum absolute atomic E-state index is 11.3. The fourth-order valence-corrected chi connectivity index (χ4v) is 2.82. The lowest BCUT2D eigenvalue weighted by atomic mass is 10.0. The van der Waals surface area contributed by atoms with Crippen molar-refractivity contribution in [1.82, 2.24) is 9.78 Å². The topological polar surface area (TPSA) is 93.2 Å². The Labute approximate surface area is 118 Å². The van der Waals surface area contributed by atoms with Gasteiger partial charge in [0.05, 0.1) is 10.5 Å². The normalized spacial score (nSPS) is 17.4. The minimum atomic E-state index is -0.747. The summed E-state index contributed by atoms with van der Waals surface area (Å²) in [6.45, 7) is 2.30. The van der Waals surface area contributed by atoms with E-state index in [4.69, 9.17) is 0 Å². The van der Waals surface area contributed by atoms with Crippen LogP contribution in [0.15, 0.2) is 0 Å². The fourth-order valence-electron chi connectivity index (χ4n) is 2.82. The van der Waals surface area contributed by atoms with Crippen molar-refractivity contribution in [1.29, 1.82) is 0 Å². The van der Waals surface area contributed by atoms with Crippen LogP contribution in [0, 0.1) is 10.1 Å². The molecule has 0 saturated heterocycles. The third-order valence-electron chi connectivity index (χ3n) is 3.88. The highest BCUT2D eigenvalue weighted by Gasteiger charge is 2.33. The maximum atomic E-state index is 11.3. The maximum Gasteiger partial charge on any atom is 0.333 e. The molecule has 2 N–H and O–H groups in total. The second-order valence-corrected chi connectivity index (χ2v) is 5.56. The molecule has 7 heteroatoms. The van der Waals surface area contributed by atoms with Gasteiger partial charge in [-0.15, -0.1) is 0 Å². The van der Waals surface area contributed by atoms with Crippen molar-refractivity contribution in [3.63, 3.8) is 0 Å². The summed E-state index contributed by atoms with van der Waals surface area (Å²) in [5.41, 5.74) is -0.208. The quantitative estimate of drug-likeness (QED) is 0.615. The summed E-state index contributed by atoms with van der Waals surface area (Å²) in [5.74, 6) is 0.388. The lowest BCUT2D eigenvalue weighted by molar-refractivity contribution is -0.384. The van der Waals surface area contributed by atoms with Crippen LogP contribution in [0.5, 0.6) is 0 Å². The summed E-state index contributed by atoms with van der Waals surface area (Å²) in [5, 5.41) is 28.8. The van der Waals surface area contributed by atoms with Gasteiger partial charge in [0.1, 0.15) is 5.69 Å². The van der Waals surface area contributed by atoms with E-state index in [9.17, 15) is 15.2 Å². The largest absolute Gasteiger partial charge is 0.388 e. The zero-order chi connectivity index (χ0) is 14.8. The highest BCUT2D eigenvalue weighted by Crippen LogP contribution is 2.33. The van der Waals surface area contributed by atoms with Crippen molar-refractivity contribution in [2.45, 2.75) is 51.0 Å². The molecule has 0 spiro atoms. The Kier molecular flexibility index (Phi) is 4.27. The smallest absolute Gasteiger partial charge is 0.333 e. The summed E-state index contributed by atoms with van der Waals surface area (Å²) < 4.78 is 1.50. The van der Waals surface area contributed by atoms with Gasteiger partial charge in [-0.1, -0.05) is 26.2 Å². The Balaban J connectivity index is 2.19. The van der Waals surface area contributed by atoms with E-state index in [2.05, 4.69) is 10.4 Å². The molecule has 2 rings (SSSR count). The number of hydrogen-bond acceptors (Lipinski definition) is 5. The zero-order valence-electron chi connectivity index (χ0n) is 12.1. The van der Waals surface area contributed by atoms with Gasteiger partial charge in [0, 0.05) is 13.6 Å². The van der Waals surface area contributed by atoms with Gasteiger partial charge < -0.3 is 10.4 Å². The first-order valence-electron chi connectivity index (χ1n) is 7.13. The molecule has 1 saturated carbocycles. The van der Waals surface area contributed by atoms with Crippen molar-refractivity contribution < 1.29 is 10.0 Å². The number of hydrogen-bond donors (Lipinski definition) is 2. The van der Waals surface area contributed by atoms with Crippen LogP contribution >= 0.6 is 0 Å². The Bertz CT molecular complexity index is 492. The molecule has 0 unspecified atom stereocenters. The molecular weight excluding hydrogens is 260 g/mol. The SMILES string of the molecule is CCCc1nn(C)c(NCC2(O)CCCC2)c1[N+](=O)[O-]. The van der Waals surface area contributed by atoms with Crippen LogP contribution in [0.4, 0.5) is 11.5 Å². The average Bonchev–Trinajstić information content (AvgIpc) is 2.92. The van der Waals surface area contributed by atoms with E-state index in [1.165, 1.54) is 4.68 Å². The molecule has 1 aliphatic rings. The van der Waals surface area contributed by atoms with Gasteiger partial charge in [0.25, 0.3) is 0 Å². The van der Waals surface area contributed by atoms with Crippen LogP contribution in [0.25, 0.3) is 0 Å². The van der Waals surface area contributed by atoms with Gasteiger partial charge in [-0.2, -0.15) is 5.10 Å². The highest BCUT2D eigenvalue weighted by molar-refractivity contribution is 5.60. The van der Waals surface area contributed by atoms with Crippen LogP contribution in [0.2, 0.25) is 0 Å². The molecule has 1 aromatic rings. The van der Waals surface area contributed by atoms with Gasteiger partial charge >= 0.3 is 5.69 Å². The van der Waals surface area contributed by atoms with E-state index in [-0.39, 0.29) is 10.6 Å². The molecule has 0 amide bonds. The van der Waals surface area contributed by atoms with Crippen molar-refractivity contribution in [3.8, 4) is 0 Å². The van der Waals surface area contributed by atoms with Crippen LogP contribution in [-0.2, 0) is 13.5 Å². The van der Waals surface area contributed by atoms with Crippen molar-refractivity contribution >= 4 is 11.5 Å². The van der Waals surface area contributed by atoms with Crippen molar-refractivity contribution in [2.75, 3.05) is 11.9 Å². The first-order valence-corrected chi connectivity index (χ1v) is 7.13. The molecule has 1 aliphatic carbocycles. The van der Waals surface area contributed by atoms with Gasteiger partial charge in [-0.25, -0.2) is 4.68 Å². The van der Waals surface area contributed by atoms with Gasteiger partial charge in [-0.05, 0) is 19.3 Å². The molecule has 0 aromatic carbocycles. The van der Waals surface area contributed by atoms with E-state index < -0.39 is 5.60 Å². The molecule has 7 nitrogen and oxygen atoms in total. The fraction of sp³-hybridized carbons (Fsp3) is 0.769. The van der Waals surface area contributed by atoms with E-state index in [0.717, 1.165) is 32.1 Å². The predicted molar refractivity (Wildman–Crippen MR) is 75.8 cm³/mol. The number of anilines is 1. The minimum Gasteiger partial charge on any atom is -0.388 e. The lowest BCUT2D eigenvalue weighted by Crippen LogP contribution is -2.34. The number of nitrogens with zero attached hydrogens (tertiary/aromatic N) is 3. The summed E-state index contributed by atoms with van der Waals surface area (Å²) in [6, 6.07) is 0. The molecule has 0 radical (unpaired) electrons. The predicted octanol–water partition coefficient (Wildman–Crippen LogP) is 2.00. The Hall–Kier alpha value is -1.63. The standard InChI is InChI=1S/C13H22N4O3/c1-3-6-10-11(17(19)20)12(16(2)15-10)14-9-13(18)7-4-5-8-13/h14,18H,3-9H2,1-2H3. The van der Waals surface area contributed by atoms with Gasteiger partial charge in [0.2, 0.25) is 5.82 Å². The number of aryl methyl sites for hydroxylation is 2. The summed E-state index contributed by atoms with van der Waals surface area (Å²) in [7, 11) is 1.69. The van der Waals surface area contributed by atoms with Crippen LogP contribution in [-0.4, -0.2) is 32.0 Å². The van der Waals surface area contributed by atoms with Crippen molar-refractivity contribution in [3.05, 3.63) is 15.8 Å². The van der Waals surface area contributed by atoms with E-state index >= 15 is 0 Å². The zero-order valence-corrected chi connectivity index (χ0v) is 12.1. The summed E-state index contributed by atoms with van der Waals surface area (Å²) in [6.07, 6.45) is 4.89. The molecule has 1 fully saturated rings. The van der Waals surface area contributed by atoms with Gasteiger partial charge in [-0.3, -0.25) is 10.1 Å². The summed E-state index contributed by atoms with van der Waals surface area (Å²) in [4.78, 5) is 10.9. The Morgan fingerprint density at radius 2 is 2.15 bits per heavy atom. The van der Waals surface area contributed by atoms with Crippen LogP contribution < -0.4 is 5.32 Å². The Morgan fingerprint density at radius 1 is 1.50 bits per heavy atom. The molecule has 0 atom stereocenters. The van der Waals surface area contributed by atoms with Crippen LogP contribution in [0.1, 0.15) is 44.7 Å². The third-order valence-corrected chi connectivity index (χ3v) is 3.88. The van der Waals surface area contributed by atoms with E-state index in [1.54, 1.807) is 7.05 Å². The highest BCUT2D eigenvalue weighted by atomic mass is 16.6. The minimum absolute atomic E-state index is 0.0379. The number of aromatic nitrogens is 2. The molecule has 0 aliphatic heterocycles. The second kappa shape index (κ2) is 5.78. The van der Waals surface area contributed by atoms with Crippen molar-refractivity contribution in [2.24, 2.45) is 7.05 Å². The lowest BCUT2D eigenvalue weighted by Gasteiger charge is -2.22. The third kappa shape index (κ3) is 2.92. The Morgan fingerprint density at radius 3 is 2.70 bits per heavy atom. The molecule has 0 bridgehead atoms. The molecule has 112 valence electrons. The first kappa shape index (κ1) is 14.8. The van der Waals surface area contributed by atoms with Gasteiger partial charge in [0.15, 0.2) is 0 Å². The molecule has 20 heavy (non-hydrogen) atoms. The number of aliphatic hydroxyl groups is 1. The summed E-state index contributed by atoms with van der Waals surface area (Å²) >= 11 is 0. The number of nitrogens with one attached hydrogen (secondary N) is 1. The number of nitro groups is 1. The molecule has 1 aromatic heterocycles. The van der Waals surface area contributed by atoms with Crippen LogP contribution in [0.3, 0.4) is 0 Å². The monoisotopic (exact) mass is 282 g/mol. The molecular formula is C13H22N4O3. The van der Waals surface area contributed by atoms with E-state index in [0.29, 0.717) is 24.5 Å². The average molecular weight is 282 g/mol. The van der Waals surface area contributed by atoms with E-state index in [1.807, 2.05) is 6.92 Å². The number of rotatable bonds is 6. The molecule has 1 heterocycles. The first-order chi connectivity index (χ1) is 9.47. The second-order valence-electron chi connectivity index (χ2n) is 5.56.